The molecule has 9 heteroatoms. The number of carbonyl (C=O) groups is 1. The fourth-order valence-corrected chi connectivity index (χ4v) is 3.24. The van der Waals surface area contributed by atoms with Gasteiger partial charge in [0.1, 0.15) is 5.82 Å². The van der Waals surface area contributed by atoms with Gasteiger partial charge in [0.15, 0.2) is 22.5 Å². The second kappa shape index (κ2) is 8.75. The van der Waals surface area contributed by atoms with Crippen molar-refractivity contribution in [1.29, 1.82) is 0 Å². The van der Waals surface area contributed by atoms with E-state index in [1.165, 1.54) is 36.0 Å². The number of thioether (sulfide) groups is 1. The van der Waals surface area contributed by atoms with Gasteiger partial charge in [-0.1, -0.05) is 11.8 Å². The van der Waals surface area contributed by atoms with Gasteiger partial charge in [0.25, 0.3) is 0 Å². The fourth-order valence-electron chi connectivity index (χ4n) is 2.53. The SMILES string of the molecule is COc1ccc(-c2nnc(SCC(=O)Nc3ccc(F)cc3)n2C)cc1OC. The number of methoxy groups -OCH3 is 2. The Morgan fingerprint density at radius 3 is 2.50 bits per heavy atom. The smallest absolute Gasteiger partial charge is 0.234 e. The first-order valence-electron chi connectivity index (χ1n) is 8.32. The number of hydrogen-bond acceptors (Lipinski definition) is 6. The number of rotatable bonds is 7. The predicted octanol–water partition coefficient (Wildman–Crippen LogP) is 3.37. The summed E-state index contributed by atoms with van der Waals surface area (Å²) in [5, 5.41) is 11.7. The first kappa shape index (κ1) is 19.7. The molecule has 3 aromatic rings. The van der Waals surface area contributed by atoms with Crippen molar-refractivity contribution in [1.82, 2.24) is 14.8 Å². The Kier molecular flexibility index (Phi) is 6.15. The van der Waals surface area contributed by atoms with E-state index in [1.807, 2.05) is 19.2 Å². The molecular formula is C19H19FN4O3S. The Labute approximate surface area is 165 Å². The highest BCUT2D eigenvalue weighted by Gasteiger charge is 2.15. The lowest BCUT2D eigenvalue weighted by Crippen LogP contribution is -2.14. The number of aromatic nitrogens is 3. The number of anilines is 1. The van der Waals surface area contributed by atoms with Crippen LogP contribution in [-0.2, 0) is 11.8 Å². The van der Waals surface area contributed by atoms with Gasteiger partial charge in [-0.3, -0.25) is 4.79 Å². The molecule has 0 fully saturated rings. The summed E-state index contributed by atoms with van der Waals surface area (Å²) in [6.45, 7) is 0. The molecule has 0 bridgehead atoms. The molecule has 0 aliphatic carbocycles. The van der Waals surface area contributed by atoms with Crippen molar-refractivity contribution in [2.24, 2.45) is 7.05 Å². The third kappa shape index (κ3) is 4.42. The fraction of sp³-hybridized carbons (Fsp3) is 0.211. The normalized spacial score (nSPS) is 10.6. The zero-order valence-corrected chi connectivity index (χ0v) is 16.4. The first-order chi connectivity index (χ1) is 13.5. The average molecular weight is 402 g/mol. The van der Waals surface area contributed by atoms with E-state index in [2.05, 4.69) is 15.5 Å². The summed E-state index contributed by atoms with van der Waals surface area (Å²) in [7, 11) is 4.97. The molecule has 0 saturated carbocycles. The third-order valence-electron chi connectivity index (χ3n) is 3.94. The summed E-state index contributed by atoms with van der Waals surface area (Å²) in [4.78, 5) is 12.1. The lowest BCUT2D eigenvalue weighted by molar-refractivity contribution is -0.113. The maximum absolute atomic E-state index is 12.9. The van der Waals surface area contributed by atoms with Crippen LogP contribution in [0.2, 0.25) is 0 Å². The molecule has 3 rings (SSSR count). The lowest BCUT2D eigenvalue weighted by atomic mass is 10.2. The van der Waals surface area contributed by atoms with Crippen LogP contribution in [0.15, 0.2) is 47.6 Å². The number of halogens is 1. The summed E-state index contributed by atoms with van der Waals surface area (Å²) in [5.74, 6) is 1.44. The van der Waals surface area contributed by atoms with E-state index >= 15 is 0 Å². The lowest BCUT2D eigenvalue weighted by Gasteiger charge is -2.09. The number of hydrogen-bond donors (Lipinski definition) is 1. The molecule has 1 aromatic heterocycles. The second-order valence-corrected chi connectivity index (χ2v) is 6.72. The number of benzene rings is 2. The van der Waals surface area contributed by atoms with E-state index in [9.17, 15) is 9.18 Å². The van der Waals surface area contributed by atoms with Gasteiger partial charge in [-0.2, -0.15) is 0 Å². The zero-order valence-electron chi connectivity index (χ0n) is 15.6. The van der Waals surface area contributed by atoms with Crippen molar-refractivity contribution in [3.8, 4) is 22.9 Å². The average Bonchev–Trinajstić information content (AvgIpc) is 3.08. The van der Waals surface area contributed by atoms with Crippen LogP contribution >= 0.6 is 11.8 Å². The van der Waals surface area contributed by atoms with Gasteiger partial charge in [-0.25, -0.2) is 4.39 Å². The minimum atomic E-state index is -0.353. The van der Waals surface area contributed by atoms with Gasteiger partial charge in [0.05, 0.1) is 20.0 Å². The van der Waals surface area contributed by atoms with Gasteiger partial charge in [-0.05, 0) is 42.5 Å². The van der Waals surface area contributed by atoms with Crippen LogP contribution in [0, 0.1) is 5.82 Å². The number of ether oxygens (including phenoxy) is 2. The van der Waals surface area contributed by atoms with E-state index in [-0.39, 0.29) is 17.5 Å². The maximum Gasteiger partial charge on any atom is 0.234 e. The molecule has 1 N–H and O–H groups in total. The number of amides is 1. The summed E-state index contributed by atoms with van der Waals surface area (Å²) < 4.78 is 25.3. The Morgan fingerprint density at radius 1 is 1.11 bits per heavy atom. The Balaban J connectivity index is 1.67. The van der Waals surface area contributed by atoms with E-state index in [0.717, 1.165) is 5.56 Å². The highest BCUT2D eigenvalue weighted by Crippen LogP contribution is 2.32. The van der Waals surface area contributed by atoms with Crippen LogP contribution < -0.4 is 14.8 Å². The maximum atomic E-state index is 12.9. The van der Waals surface area contributed by atoms with Crippen molar-refractivity contribution in [3.05, 3.63) is 48.3 Å². The summed E-state index contributed by atoms with van der Waals surface area (Å²) >= 11 is 1.26. The molecule has 0 aliphatic heterocycles. The Bertz CT molecular complexity index is 976. The van der Waals surface area contributed by atoms with E-state index in [0.29, 0.717) is 28.2 Å². The molecule has 146 valence electrons. The van der Waals surface area contributed by atoms with Crippen LogP contribution in [0.25, 0.3) is 11.4 Å². The number of nitrogens with zero attached hydrogens (tertiary/aromatic N) is 3. The molecule has 2 aromatic carbocycles. The minimum absolute atomic E-state index is 0.148. The summed E-state index contributed by atoms with van der Waals surface area (Å²) in [6, 6.07) is 11.1. The molecule has 7 nitrogen and oxygen atoms in total. The van der Waals surface area contributed by atoms with Gasteiger partial charge in [-0.15, -0.1) is 10.2 Å². The topological polar surface area (TPSA) is 78.3 Å². The third-order valence-corrected chi connectivity index (χ3v) is 4.96. The molecule has 1 heterocycles. The molecule has 0 radical (unpaired) electrons. The molecule has 0 atom stereocenters. The van der Waals surface area contributed by atoms with Gasteiger partial charge in [0.2, 0.25) is 5.91 Å². The highest BCUT2D eigenvalue weighted by molar-refractivity contribution is 7.99. The van der Waals surface area contributed by atoms with Gasteiger partial charge in [0, 0.05) is 18.3 Å². The van der Waals surface area contributed by atoms with E-state index in [4.69, 9.17) is 9.47 Å². The Morgan fingerprint density at radius 2 is 1.82 bits per heavy atom. The molecule has 28 heavy (non-hydrogen) atoms. The van der Waals surface area contributed by atoms with Crippen molar-refractivity contribution >= 4 is 23.4 Å². The van der Waals surface area contributed by atoms with Crippen LogP contribution in [0.1, 0.15) is 0 Å². The van der Waals surface area contributed by atoms with Gasteiger partial charge >= 0.3 is 0 Å². The zero-order chi connectivity index (χ0) is 20.1. The molecule has 0 saturated heterocycles. The van der Waals surface area contributed by atoms with Gasteiger partial charge < -0.3 is 19.4 Å². The van der Waals surface area contributed by atoms with Crippen molar-refractivity contribution in [2.75, 3.05) is 25.3 Å². The van der Waals surface area contributed by atoms with Crippen LogP contribution in [-0.4, -0.2) is 40.6 Å². The summed E-state index contributed by atoms with van der Waals surface area (Å²) in [5.41, 5.74) is 1.35. The molecular weight excluding hydrogens is 383 g/mol. The first-order valence-corrected chi connectivity index (χ1v) is 9.30. The van der Waals surface area contributed by atoms with Crippen molar-refractivity contribution < 1.29 is 18.7 Å². The molecule has 0 unspecified atom stereocenters. The largest absolute Gasteiger partial charge is 0.493 e. The highest BCUT2D eigenvalue weighted by atomic mass is 32.2. The quantitative estimate of drug-likeness (QED) is 0.611. The van der Waals surface area contributed by atoms with E-state index < -0.39 is 0 Å². The molecule has 1 amide bonds. The molecule has 0 spiro atoms. The van der Waals surface area contributed by atoms with E-state index in [1.54, 1.807) is 24.9 Å². The second-order valence-electron chi connectivity index (χ2n) is 5.78. The number of nitrogens with one attached hydrogen (secondary N) is 1. The van der Waals surface area contributed by atoms with Crippen molar-refractivity contribution in [2.45, 2.75) is 5.16 Å². The summed E-state index contributed by atoms with van der Waals surface area (Å²) in [6.07, 6.45) is 0. The molecule has 0 aliphatic rings. The monoisotopic (exact) mass is 402 g/mol. The number of carbonyl (C=O) groups excluding carboxylic acids is 1. The standard InChI is InChI=1S/C19H19FN4O3S/c1-24-18(12-4-9-15(26-2)16(10-12)27-3)22-23-19(24)28-11-17(25)21-14-7-5-13(20)6-8-14/h4-10H,11H2,1-3H3,(H,21,25). The van der Waals surface area contributed by atoms with Crippen molar-refractivity contribution in [3.63, 3.8) is 0 Å². The van der Waals surface area contributed by atoms with Crippen LogP contribution in [0.5, 0.6) is 11.5 Å². The Hall–Kier alpha value is -3.07. The minimum Gasteiger partial charge on any atom is -0.493 e. The van der Waals surface area contributed by atoms with Crippen LogP contribution in [0.4, 0.5) is 10.1 Å². The van der Waals surface area contributed by atoms with Crippen LogP contribution in [0.3, 0.4) is 0 Å². The predicted molar refractivity (Wildman–Crippen MR) is 105 cm³/mol.